The molecule has 3 heterocycles. The van der Waals surface area contributed by atoms with Crippen LogP contribution < -0.4 is 5.32 Å². The Labute approximate surface area is 163 Å². The minimum atomic E-state index is 0.142. The molecule has 1 aliphatic heterocycles. The number of anilines is 1. The van der Waals surface area contributed by atoms with Crippen molar-refractivity contribution in [2.45, 2.75) is 6.04 Å². The van der Waals surface area contributed by atoms with Crippen LogP contribution in [-0.2, 0) is 4.74 Å². The predicted molar refractivity (Wildman–Crippen MR) is 105 cm³/mol. The van der Waals surface area contributed by atoms with E-state index in [1.54, 1.807) is 12.4 Å². The highest BCUT2D eigenvalue weighted by Gasteiger charge is 2.24. The van der Waals surface area contributed by atoms with Crippen LogP contribution in [0.3, 0.4) is 0 Å². The highest BCUT2D eigenvalue weighted by Crippen LogP contribution is 2.27. The Morgan fingerprint density at radius 1 is 1.14 bits per heavy atom. The SMILES string of the molecule is N#Cc1nc(-c2cccnc2)oc1NCC(c1ccccc1)N1CCOCC1. The number of rotatable bonds is 6. The monoisotopic (exact) mass is 375 g/mol. The second kappa shape index (κ2) is 8.65. The summed E-state index contributed by atoms with van der Waals surface area (Å²) in [6.07, 6.45) is 3.35. The lowest BCUT2D eigenvalue weighted by atomic mass is 10.0. The summed E-state index contributed by atoms with van der Waals surface area (Å²) in [5.41, 5.74) is 2.19. The Hall–Kier alpha value is -3.21. The molecule has 1 aromatic carbocycles. The molecule has 0 spiro atoms. The summed E-state index contributed by atoms with van der Waals surface area (Å²) in [4.78, 5) is 10.8. The maximum atomic E-state index is 9.45. The van der Waals surface area contributed by atoms with Crippen molar-refractivity contribution in [1.29, 1.82) is 5.26 Å². The summed E-state index contributed by atoms with van der Waals surface area (Å²) >= 11 is 0. The molecule has 0 saturated carbocycles. The molecule has 1 atom stereocenters. The molecule has 4 rings (SSSR count). The molecule has 1 unspecified atom stereocenters. The van der Waals surface area contributed by atoms with E-state index in [2.05, 4.69) is 38.4 Å². The molecule has 1 saturated heterocycles. The third-order valence-corrected chi connectivity index (χ3v) is 4.77. The van der Waals surface area contributed by atoms with Crippen molar-refractivity contribution in [3.05, 3.63) is 66.1 Å². The quantitative estimate of drug-likeness (QED) is 0.708. The van der Waals surface area contributed by atoms with E-state index in [4.69, 9.17) is 9.15 Å². The highest BCUT2D eigenvalue weighted by molar-refractivity contribution is 5.57. The number of pyridine rings is 1. The summed E-state index contributed by atoms with van der Waals surface area (Å²) in [6, 6.07) is 16.2. The zero-order chi connectivity index (χ0) is 19.2. The van der Waals surface area contributed by atoms with Crippen LogP contribution in [0.15, 0.2) is 59.3 Å². The Morgan fingerprint density at radius 2 is 1.96 bits per heavy atom. The Bertz CT molecular complexity index is 930. The zero-order valence-electron chi connectivity index (χ0n) is 15.4. The number of morpholine rings is 1. The van der Waals surface area contributed by atoms with Crippen LogP contribution in [0.1, 0.15) is 17.3 Å². The van der Waals surface area contributed by atoms with Gasteiger partial charge in [0.2, 0.25) is 17.5 Å². The van der Waals surface area contributed by atoms with Crippen LogP contribution in [0.5, 0.6) is 0 Å². The van der Waals surface area contributed by atoms with E-state index < -0.39 is 0 Å². The van der Waals surface area contributed by atoms with E-state index >= 15 is 0 Å². The van der Waals surface area contributed by atoms with E-state index in [9.17, 15) is 5.26 Å². The molecule has 0 aliphatic carbocycles. The van der Waals surface area contributed by atoms with Crippen LogP contribution in [0.2, 0.25) is 0 Å². The standard InChI is InChI=1S/C21H21N5O2/c22-13-18-21(28-20(25-18)17-7-4-8-23-14-17)24-15-19(16-5-2-1-3-6-16)26-9-11-27-12-10-26/h1-8,14,19,24H,9-12,15H2. The summed E-state index contributed by atoms with van der Waals surface area (Å²) in [5.74, 6) is 0.769. The van der Waals surface area contributed by atoms with Gasteiger partial charge in [0.05, 0.1) is 24.8 Å². The highest BCUT2D eigenvalue weighted by atomic mass is 16.5. The van der Waals surface area contributed by atoms with Gasteiger partial charge in [-0.2, -0.15) is 10.2 Å². The fourth-order valence-corrected chi connectivity index (χ4v) is 3.34. The topological polar surface area (TPSA) is 87.2 Å². The van der Waals surface area contributed by atoms with Crippen LogP contribution >= 0.6 is 0 Å². The van der Waals surface area contributed by atoms with Crippen molar-refractivity contribution in [1.82, 2.24) is 14.9 Å². The summed E-state index contributed by atoms with van der Waals surface area (Å²) < 4.78 is 11.3. The van der Waals surface area contributed by atoms with Crippen LogP contribution in [0.25, 0.3) is 11.5 Å². The number of benzene rings is 1. The molecule has 2 aromatic heterocycles. The van der Waals surface area contributed by atoms with Gasteiger partial charge >= 0.3 is 0 Å². The number of oxazole rings is 1. The first-order valence-electron chi connectivity index (χ1n) is 9.27. The smallest absolute Gasteiger partial charge is 0.232 e. The predicted octanol–water partition coefficient (Wildman–Crippen LogP) is 3.09. The van der Waals surface area contributed by atoms with Gasteiger partial charge in [0.15, 0.2) is 0 Å². The van der Waals surface area contributed by atoms with Gasteiger partial charge in [-0.05, 0) is 17.7 Å². The fraction of sp³-hybridized carbons (Fsp3) is 0.286. The minimum Gasteiger partial charge on any atom is -0.419 e. The summed E-state index contributed by atoms with van der Waals surface area (Å²) in [6.45, 7) is 3.77. The third-order valence-electron chi connectivity index (χ3n) is 4.77. The maximum Gasteiger partial charge on any atom is 0.232 e. The van der Waals surface area contributed by atoms with Crippen molar-refractivity contribution in [3.8, 4) is 17.5 Å². The number of hydrogen-bond donors (Lipinski definition) is 1. The van der Waals surface area contributed by atoms with Crippen LogP contribution in [0.4, 0.5) is 5.88 Å². The molecule has 0 amide bonds. The van der Waals surface area contributed by atoms with E-state index in [1.165, 1.54) is 5.56 Å². The molecular weight excluding hydrogens is 354 g/mol. The minimum absolute atomic E-state index is 0.142. The van der Waals surface area contributed by atoms with E-state index in [0.717, 1.165) is 31.9 Å². The van der Waals surface area contributed by atoms with Crippen LogP contribution in [0, 0.1) is 11.3 Å². The first-order valence-corrected chi connectivity index (χ1v) is 9.27. The van der Waals surface area contributed by atoms with Crippen molar-refractivity contribution in [2.24, 2.45) is 0 Å². The molecule has 142 valence electrons. The molecule has 0 bridgehead atoms. The molecule has 7 nitrogen and oxygen atoms in total. The van der Waals surface area contributed by atoms with Gasteiger partial charge in [-0.15, -0.1) is 0 Å². The average molecular weight is 375 g/mol. The molecular formula is C21H21N5O2. The van der Waals surface area contributed by atoms with Gasteiger partial charge < -0.3 is 14.5 Å². The summed E-state index contributed by atoms with van der Waals surface area (Å²) in [7, 11) is 0. The van der Waals surface area contributed by atoms with Gasteiger partial charge in [-0.1, -0.05) is 30.3 Å². The van der Waals surface area contributed by atoms with Gasteiger partial charge in [0, 0.05) is 32.0 Å². The maximum absolute atomic E-state index is 9.45. The molecule has 28 heavy (non-hydrogen) atoms. The van der Waals surface area contributed by atoms with E-state index in [0.29, 0.717) is 18.3 Å². The second-order valence-corrected chi connectivity index (χ2v) is 6.51. The van der Waals surface area contributed by atoms with Gasteiger partial charge in [0.1, 0.15) is 6.07 Å². The van der Waals surface area contributed by atoms with Gasteiger partial charge in [-0.25, -0.2) is 0 Å². The first kappa shape index (κ1) is 18.2. The number of aromatic nitrogens is 2. The lowest BCUT2D eigenvalue weighted by Gasteiger charge is -2.34. The molecule has 3 aromatic rings. The van der Waals surface area contributed by atoms with Crippen molar-refractivity contribution < 1.29 is 9.15 Å². The van der Waals surface area contributed by atoms with Gasteiger partial charge in [0.25, 0.3) is 0 Å². The first-order chi connectivity index (χ1) is 13.8. The Balaban J connectivity index is 1.55. The molecule has 1 N–H and O–H groups in total. The summed E-state index contributed by atoms with van der Waals surface area (Å²) in [5, 5.41) is 12.8. The lowest BCUT2D eigenvalue weighted by Crippen LogP contribution is -2.41. The van der Waals surface area contributed by atoms with E-state index in [1.807, 2.05) is 30.3 Å². The number of hydrogen-bond acceptors (Lipinski definition) is 7. The molecule has 1 fully saturated rings. The molecule has 1 aliphatic rings. The number of nitriles is 1. The van der Waals surface area contributed by atoms with Crippen molar-refractivity contribution >= 4 is 5.88 Å². The largest absolute Gasteiger partial charge is 0.419 e. The van der Waals surface area contributed by atoms with Crippen molar-refractivity contribution in [3.63, 3.8) is 0 Å². The lowest BCUT2D eigenvalue weighted by molar-refractivity contribution is 0.0186. The number of nitrogens with zero attached hydrogens (tertiary/aromatic N) is 4. The Kier molecular flexibility index (Phi) is 5.61. The average Bonchev–Trinajstić information content (AvgIpc) is 3.19. The molecule has 7 heteroatoms. The third kappa shape index (κ3) is 4.03. The fourth-order valence-electron chi connectivity index (χ4n) is 3.34. The van der Waals surface area contributed by atoms with E-state index in [-0.39, 0.29) is 11.7 Å². The van der Waals surface area contributed by atoms with Crippen LogP contribution in [-0.4, -0.2) is 47.7 Å². The second-order valence-electron chi connectivity index (χ2n) is 6.51. The number of nitrogens with one attached hydrogen (secondary N) is 1. The normalized spacial score (nSPS) is 15.7. The zero-order valence-corrected chi connectivity index (χ0v) is 15.4. The van der Waals surface area contributed by atoms with Gasteiger partial charge in [-0.3, -0.25) is 9.88 Å². The molecule has 0 radical (unpaired) electrons. The van der Waals surface area contributed by atoms with Crippen molar-refractivity contribution in [2.75, 3.05) is 38.2 Å². The Morgan fingerprint density at radius 3 is 2.68 bits per heavy atom. The number of ether oxygens (including phenoxy) is 1.